The van der Waals surface area contributed by atoms with Crippen LogP contribution in [0, 0.1) is 29.7 Å². The summed E-state index contributed by atoms with van der Waals surface area (Å²) in [4.78, 5) is 62.5. The second-order valence-electron chi connectivity index (χ2n) is 15.6. The van der Waals surface area contributed by atoms with Gasteiger partial charge < -0.3 is 56.2 Å². The van der Waals surface area contributed by atoms with Crippen LogP contribution in [0.3, 0.4) is 0 Å². The fraction of sp³-hybridized carbons (Fsp3) is 0.220. The zero-order valence-electron chi connectivity index (χ0n) is 41.2. The number of carboxylic acids is 4. The number of carbonyl (C=O) groups is 4. The molecule has 1 aliphatic rings. The van der Waals surface area contributed by atoms with E-state index in [9.17, 15) is 50.0 Å². The van der Waals surface area contributed by atoms with Crippen molar-refractivity contribution < 1.29 is 306 Å². The van der Waals surface area contributed by atoms with E-state index in [4.69, 9.17) is 18.0 Å². The molecule has 1 atom stereocenters. The molecule has 0 bridgehead atoms. The number of rotatable bonds is 15. The van der Waals surface area contributed by atoms with E-state index in [0.717, 1.165) is 61.3 Å². The van der Waals surface area contributed by atoms with Crippen molar-refractivity contribution in [3.8, 4) is 29.7 Å². The molecule has 4 aromatic heterocycles. The summed E-state index contributed by atoms with van der Waals surface area (Å²) >= 11 is 0. The minimum Gasteiger partial charge on any atom is -0.844 e. The van der Waals surface area contributed by atoms with E-state index in [1.54, 1.807) is 0 Å². The Bertz CT molecular complexity index is 3310. The molecule has 0 aliphatic carbocycles. The van der Waals surface area contributed by atoms with E-state index < -0.39 is 70.1 Å². The number of aromatic carboxylic acids is 4. The summed E-state index contributed by atoms with van der Waals surface area (Å²) in [5, 5.41) is 104. The van der Waals surface area contributed by atoms with E-state index in [-0.39, 0.29) is 345 Å². The average Bonchev–Trinajstić information content (AvgIpc) is 4.06. The van der Waals surface area contributed by atoms with E-state index in [0.29, 0.717) is 0 Å². The number of hydrazone groups is 1. The van der Waals surface area contributed by atoms with Crippen LogP contribution in [0.1, 0.15) is 86.1 Å². The molecule has 74 heavy (non-hydrogen) atoms. The summed E-state index contributed by atoms with van der Waals surface area (Å²) in [5.41, 5.74) is 11.0. The molecule has 0 fully saturated rings. The van der Waals surface area contributed by atoms with Crippen molar-refractivity contribution in [2.75, 3.05) is 11.5 Å². The second-order valence-corrected chi connectivity index (χ2v) is 15.6. The van der Waals surface area contributed by atoms with Crippen LogP contribution in [0.2, 0.25) is 0 Å². The standard InChI is InChI=1S/C41H35N19O9.5K/c1-17(2)6-26-29(51-53-33-23(14-42)15-46-57(33)24-10-19(35(61)62)8-20(11-24)36(63)64)31(43)59(55-26)39-48-40(50-41(69)49-39)60-32(44)30(27(56-60)7-18(3)4)52-54-34-28(45-5)16-47-58(34)25-12-21(37(65)66)9-22(13-25)38(67)68;;;;;/h8-13,15-18,28,44H,6-7H2,1-4H3,(H7,43,46,48,49,50,53,55,61,62,63,64,65,66,67,68,69);;;;;/q;5*+1/p-4. The largest absolute Gasteiger partial charge is 1.00 e. The summed E-state index contributed by atoms with van der Waals surface area (Å²) in [6, 6.07) is 5.47. The van der Waals surface area contributed by atoms with Crippen LogP contribution in [0.5, 0.6) is 6.01 Å². The first-order chi connectivity index (χ1) is 32.8. The summed E-state index contributed by atoms with van der Waals surface area (Å²) in [5.74, 6) is -8.76. The molecule has 0 amide bonds. The summed E-state index contributed by atoms with van der Waals surface area (Å²) in [7, 11) is 0. The van der Waals surface area contributed by atoms with Crippen LogP contribution < -0.4 is 294 Å². The number of nitrogen functional groups attached to an aromatic ring is 2. The Morgan fingerprint density at radius 1 is 0.716 bits per heavy atom. The Morgan fingerprint density at radius 3 is 1.58 bits per heavy atom. The fourth-order valence-corrected chi connectivity index (χ4v) is 6.65. The first-order valence-corrected chi connectivity index (χ1v) is 20.0. The summed E-state index contributed by atoms with van der Waals surface area (Å²) in [6.07, 6.45) is 2.70. The van der Waals surface area contributed by atoms with Gasteiger partial charge in [-0.25, -0.2) is 21.2 Å². The minimum atomic E-state index is -1.70. The summed E-state index contributed by atoms with van der Waals surface area (Å²) in [6.45, 7) is 15.2. The molecule has 2 aromatic carbocycles. The van der Waals surface area contributed by atoms with Gasteiger partial charge in [0.05, 0.1) is 58.3 Å². The van der Waals surface area contributed by atoms with Crippen molar-refractivity contribution in [1.29, 1.82) is 5.26 Å². The number of benzene rings is 2. The predicted octanol–water partition coefficient (Wildman–Crippen LogP) is -16.1. The number of hydrogen-bond acceptors (Lipinski definition) is 23. The molecule has 5 heterocycles. The van der Waals surface area contributed by atoms with Gasteiger partial charge in [0.2, 0.25) is 0 Å². The average molecular weight is 1130 g/mol. The Morgan fingerprint density at radius 2 is 1.16 bits per heavy atom. The van der Waals surface area contributed by atoms with Crippen molar-refractivity contribution in [3.63, 3.8) is 0 Å². The number of hydrogen-bond donors (Lipinski definition) is 2. The van der Waals surface area contributed by atoms with Gasteiger partial charge in [-0.1, -0.05) is 37.5 Å². The van der Waals surface area contributed by atoms with Crippen LogP contribution in [-0.2, 0) is 12.8 Å². The molecule has 0 spiro atoms. The molecule has 7 rings (SSSR count). The predicted molar refractivity (Wildman–Crippen MR) is 224 cm³/mol. The van der Waals surface area contributed by atoms with Crippen LogP contribution in [0.4, 0.5) is 34.5 Å². The molecule has 28 nitrogen and oxygen atoms in total. The smallest absolute Gasteiger partial charge is 0.844 e. The first kappa shape index (κ1) is 68.2. The van der Waals surface area contributed by atoms with Crippen LogP contribution in [0.25, 0.3) is 22.4 Å². The number of anilines is 2. The molecule has 0 saturated carbocycles. The van der Waals surface area contributed by atoms with Gasteiger partial charge in [0.1, 0.15) is 17.8 Å². The Labute approximate surface area is 631 Å². The molecule has 348 valence electrons. The van der Waals surface area contributed by atoms with Gasteiger partial charge in [-0.15, -0.1) is 10.2 Å². The van der Waals surface area contributed by atoms with Crippen molar-refractivity contribution in [2.24, 2.45) is 37.4 Å². The number of nitrogens with two attached hydrogens (primary N) is 2. The Hall–Kier alpha value is -1.94. The van der Waals surface area contributed by atoms with Crippen molar-refractivity contribution in [1.82, 2.24) is 44.3 Å². The first-order valence-electron chi connectivity index (χ1n) is 20.0. The molecule has 33 heteroatoms. The number of nitriles is 1. The molecule has 4 N–H and O–H groups in total. The monoisotopic (exact) mass is 1130 g/mol. The molecular formula is C41H31K5N19O9+. The van der Waals surface area contributed by atoms with Crippen LogP contribution >= 0.6 is 0 Å². The third-order valence-corrected chi connectivity index (χ3v) is 9.68. The van der Waals surface area contributed by atoms with Gasteiger partial charge in [0.15, 0.2) is 34.5 Å². The number of carboxylic acid groups (broad SMARTS) is 4. The van der Waals surface area contributed by atoms with Gasteiger partial charge in [-0.2, -0.15) is 34.9 Å². The SMILES string of the molecule is [C-]#[N+]C1C=N[N+](c2cc(C(=O)[O-])cc(C(=O)[O-])c2)=C1N=Nc1c(CC(C)C)nn(-c2nc([O-])nc(-n3nc(CC(C)C)c(N=Nc4c(C#N)cnn4-c4cc(C(=O)[O-])cc(C(=O)[O-])c4)c3N)n2)c1N.[K+].[K+].[K+].[K+].[K+]. The summed E-state index contributed by atoms with van der Waals surface area (Å²) < 4.78 is 3.93. The zero-order chi connectivity index (χ0) is 50.0. The number of aromatic nitrogens is 9. The Balaban J connectivity index is 0.00000375. The number of amidine groups is 1. The zero-order valence-corrected chi connectivity index (χ0v) is 56.8. The number of carbonyl (C=O) groups excluding carboxylic acids is 4. The number of nitrogens with zero attached hydrogens (tertiary/aromatic N) is 17. The Kier molecular flexibility index (Phi) is 27.5. The van der Waals surface area contributed by atoms with Gasteiger partial charge in [0, 0.05) is 11.1 Å². The van der Waals surface area contributed by atoms with Gasteiger partial charge in [-0.3, -0.25) is 4.85 Å². The maximum atomic E-state index is 13.2. The van der Waals surface area contributed by atoms with Crippen LogP contribution in [0.15, 0.2) is 68.2 Å². The van der Waals surface area contributed by atoms with Crippen molar-refractivity contribution in [2.45, 2.75) is 46.6 Å². The fourth-order valence-electron chi connectivity index (χ4n) is 6.65. The maximum Gasteiger partial charge on any atom is 1.00 e. The van der Waals surface area contributed by atoms with Gasteiger partial charge in [-0.05, 0) is 77.3 Å². The normalized spacial score (nSPS) is 12.6. The van der Waals surface area contributed by atoms with Gasteiger partial charge >= 0.3 is 269 Å². The topological polar surface area (TPSA) is 421 Å². The van der Waals surface area contributed by atoms with E-state index >= 15 is 0 Å². The third kappa shape index (κ3) is 15.7. The quantitative estimate of drug-likeness (QED) is 0.0417. The maximum absolute atomic E-state index is 13.2. The van der Waals surface area contributed by atoms with Crippen molar-refractivity contribution in [3.05, 3.63) is 93.2 Å². The third-order valence-electron chi connectivity index (χ3n) is 9.68. The molecule has 6 aromatic rings. The molecule has 1 unspecified atom stereocenters. The number of azo groups is 2. The van der Waals surface area contributed by atoms with E-state index in [1.165, 1.54) is 6.21 Å². The molecule has 0 radical (unpaired) electrons. The van der Waals surface area contributed by atoms with Crippen LogP contribution in [-0.4, -0.2) is 90.9 Å². The molecule has 1 aliphatic heterocycles. The molecular weight excluding hydrogens is 1100 g/mol. The minimum absolute atomic E-state index is 0. The van der Waals surface area contributed by atoms with Crippen molar-refractivity contribution >= 4 is 70.4 Å². The van der Waals surface area contributed by atoms with E-state index in [2.05, 4.69) is 60.7 Å². The molecule has 0 saturated heterocycles. The van der Waals surface area contributed by atoms with E-state index in [1.807, 2.05) is 33.8 Å². The second kappa shape index (κ2) is 29.9. The van der Waals surface area contributed by atoms with Gasteiger partial charge in [0.25, 0.3) is 11.9 Å².